The molecule has 3 heterocycles. The van der Waals surface area contributed by atoms with E-state index in [4.69, 9.17) is 5.84 Å². The molecule has 9 heteroatoms. The summed E-state index contributed by atoms with van der Waals surface area (Å²) in [5.41, 5.74) is 5.04. The highest BCUT2D eigenvalue weighted by Crippen LogP contribution is 2.32. The molecule has 0 bridgehead atoms. The quantitative estimate of drug-likeness (QED) is 0.369. The first kappa shape index (κ1) is 13.7. The lowest BCUT2D eigenvalue weighted by Gasteiger charge is -2.11. The molecule has 0 radical (unpaired) electrons. The summed E-state index contributed by atoms with van der Waals surface area (Å²) in [6.45, 7) is 2.10. The molecule has 0 saturated heterocycles. The summed E-state index contributed by atoms with van der Waals surface area (Å²) >= 11 is 1.45. The van der Waals surface area contributed by atoms with Crippen molar-refractivity contribution in [2.45, 2.75) is 29.8 Å². The summed E-state index contributed by atoms with van der Waals surface area (Å²) in [7, 11) is 0. The van der Waals surface area contributed by atoms with Crippen LogP contribution < -0.4 is 11.3 Å². The number of nitrogens with two attached hydrogens (primary N) is 1. The summed E-state index contributed by atoms with van der Waals surface area (Å²) in [5, 5.41) is 1.60. The Morgan fingerprint density at radius 1 is 1.14 bits per heavy atom. The molecule has 21 heavy (non-hydrogen) atoms. The normalized spacial score (nSPS) is 11.0. The molecule has 108 valence electrons. The van der Waals surface area contributed by atoms with Gasteiger partial charge in [0.2, 0.25) is 0 Å². The predicted octanol–water partition coefficient (Wildman–Crippen LogP) is 1.53. The minimum Gasteiger partial charge on any atom is -0.341 e. The van der Waals surface area contributed by atoms with Crippen molar-refractivity contribution >= 4 is 28.7 Å². The van der Waals surface area contributed by atoms with Gasteiger partial charge >= 0.3 is 0 Å². The molecule has 0 aromatic carbocycles. The largest absolute Gasteiger partial charge is 0.341 e. The van der Waals surface area contributed by atoms with Gasteiger partial charge in [0.1, 0.15) is 34.0 Å². The molecule has 8 nitrogen and oxygen atoms in total. The molecule has 0 saturated carbocycles. The van der Waals surface area contributed by atoms with E-state index in [2.05, 4.69) is 42.3 Å². The molecule has 3 aromatic rings. The molecule has 3 aromatic heterocycles. The zero-order chi connectivity index (χ0) is 14.7. The van der Waals surface area contributed by atoms with Crippen molar-refractivity contribution in [2.75, 3.05) is 5.43 Å². The van der Waals surface area contributed by atoms with Gasteiger partial charge in [0, 0.05) is 5.56 Å². The highest BCUT2D eigenvalue weighted by Gasteiger charge is 2.14. The Morgan fingerprint density at radius 2 is 1.95 bits per heavy atom. The maximum absolute atomic E-state index is 5.53. The first-order chi connectivity index (χ1) is 10.3. The second-order valence-electron chi connectivity index (χ2n) is 4.28. The van der Waals surface area contributed by atoms with E-state index < -0.39 is 0 Å². The standard InChI is InChI=1S/C12H14N8S/c1-2-3-7-9(20-13)15-5-18-11(7)21-12-8-10(16-4-14-8)17-6-19-12/h4-6H,2-3,13H2,1H3,(H,15,18,20)(H,14,16,17,19). The first-order valence-corrected chi connectivity index (χ1v) is 7.27. The topological polar surface area (TPSA) is 118 Å². The van der Waals surface area contributed by atoms with E-state index in [1.807, 2.05) is 0 Å². The van der Waals surface area contributed by atoms with Gasteiger partial charge in [-0.3, -0.25) is 0 Å². The maximum Gasteiger partial charge on any atom is 0.181 e. The summed E-state index contributed by atoms with van der Waals surface area (Å²) < 4.78 is 0. The van der Waals surface area contributed by atoms with Gasteiger partial charge in [-0.2, -0.15) is 0 Å². The van der Waals surface area contributed by atoms with Crippen molar-refractivity contribution in [3.63, 3.8) is 0 Å². The van der Waals surface area contributed by atoms with Gasteiger partial charge in [0.05, 0.1) is 6.33 Å². The summed E-state index contributed by atoms with van der Waals surface area (Å²) in [5.74, 6) is 6.17. The number of fused-ring (bicyclic) bond motifs is 1. The number of aromatic amines is 1. The molecular formula is C12H14N8S. The summed E-state index contributed by atoms with van der Waals surface area (Å²) in [6, 6.07) is 0. The van der Waals surface area contributed by atoms with Crippen LogP contribution in [0.15, 0.2) is 29.0 Å². The van der Waals surface area contributed by atoms with E-state index in [-0.39, 0.29) is 0 Å². The van der Waals surface area contributed by atoms with E-state index in [1.54, 1.807) is 6.33 Å². The lowest BCUT2D eigenvalue weighted by Crippen LogP contribution is -2.12. The predicted molar refractivity (Wildman–Crippen MR) is 79.6 cm³/mol. The van der Waals surface area contributed by atoms with Crippen LogP contribution in [0.4, 0.5) is 5.82 Å². The van der Waals surface area contributed by atoms with Crippen molar-refractivity contribution in [1.82, 2.24) is 29.9 Å². The SMILES string of the molecule is CCCc1c(NN)ncnc1Sc1ncnc2nc[nH]c12. The zero-order valence-electron chi connectivity index (χ0n) is 11.4. The van der Waals surface area contributed by atoms with Gasteiger partial charge in [-0.15, -0.1) is 0 Å². The lowest BCUT2D eigenvalue weighted by atomic mass is 10.2. The highest BCUT2D eigenvalue weighted by atomic mass is 32.2. The first-order valence-electron chi connectivity index (χ1n) is 6.46. The number of aromatic nitrogens is 6. The molecule has 0 spiro atoms. The monoisotopic (exact) mass is 302 g/mol. The number of H-pyrrole nitrogens is 1. The number of anilines is 1. The molecule has 0 aliphatic heterocycles. The number of hydrogen-bond acceptors (Lipinski definition) is 8. The molecule has 3 rings (SSSR count). The number of imidazole rings is 1. The molecule has 0 aliphatic rings. The van der Waals surface area contributed by atoms with Crippen LogP contribution in [-0.4, -0.2) is 29.9 Å². The fourth-order valence-electron chi connectivity index (χ4n) is 2.00. The number of nitrogens with zero attached hydrogens (tertiary/aromatic N) is 5. The fourth-order valence-corrected chi connectivity index (χ4v) is 2.95. The zero-order valence-corrected chi connectivity index (χ0v) is 12.2. The fraction of sp³-hybridized carbons (Fsp3) is 0.250. The van der Waals surface area contributed by atoms with Gasteiger partial charge in [0.15, 0.2) is 5.65 Å². The molecular weight excluding hydrogens is 288 g/mol. The van der Waals surface area contributed by atoms with Crippen molar-refractivity contribution < 1.29 is 0 Å². The second-order valence-corrected chi connectivity index (χ2v) is 5.26. The van der Waals surface area contributed by atoms with Crippen LogP contribution in [0.25, 0.3) is 11.2 Å². The van der Waals surface area contributed by atoms with Crippen LogP contribution in [0.5, 0.6) is 0 Å². The van der Waals surface area contributed by atoms with Crippen LogP contribution in [0.1, 0.15) is 18.9 Å². The number of hydrazine groups is 1. The van der Waals surface area contributed by atoms with E-state index >= 15 is 0 Å². The van der Waals surface area contributed by atoms with E-state index in [0.717, 1.165) is 34.0 Å². The van der Waals surface area contributed by atoms with Crippen LogP contribution in [0.2, 0.25) is 0 Å². The molecule has 0 aliphatic carbocycles. The van der Waals surface area contributed by atoms with E-state index in [9.17, 15) is 0 Å². The molecule has 0 unspecified atom stereocenters. The Labute approximate surface area is 125 Å². The Hall–Kier alpha value is -2.26. The second kappa shape index (κ2) is 6.02. The Kier molecular flexibility index (Phi) is 3.93. The third-order valence-electron chi connectivity index (χ3n) is 2.92. The molecule has 4 N–H and O–H groups in total. The number of rotatable bonds is 5. The number of hydrogen-bond donors (Lipinski definition) is 3. The maximum atomic E-state index is 5.53. The van der Waals surface area contributed by atoms with Gasteiger partial charge in [-0.1, -0.05) is 13.3 Å². The third kappa shape index (κ3) is 2.65. The number of nitrogens with one attached hydrogen (secondary N) is 2. The molecule has 0 atom stereocenters. The smallest absolute Gasteiger partial charge is 0.181 e. The van der Waals surface area contributed by atoms with Crippen LogP contribution in [0.3, 0.4) is 0 Å². The van der Waals surface area contributed by atoms with Gasteiger partial charge < -0.3 is 10.4 Å². The van der Waals surface area contributed by atoms with E-state index in [0.29, 0.717) is 11.5 Å². The van der Waals surface area contributed by atoms with Gasteiger partial charge in [-0.25, -0.2) is 30.8 Å². The summed E-state index contributed by atoms with van der Waals surface area (Å²) in [6.07, 6.45) is 6.39. The van der Waals surface area contributed by atoms with Gasteiger partial charge in [-0.05, 0) is 18.2 Å². The Morgan fingerprint density at radius 3 is 2.76 bits per heavy atom. The Balaban J connectivity index is 2.03. The highest BCUT2D eigenvalue weighted by molar-refractivity contribution is 7.99. The van der Waals surface area contributed by atoms with Crippen LogP contribution in [-0.2, 0) is 6.42 Å². The Bertz CT molecular complexity index is 756. The molecule has 0 amide bonds. The lowest BCUT2D eigenvalue weighted by molar-refractivity contribution is 0.855. The average Bonchev–Trinajstić information content (AvgIpc) is 2.98. The van der Waals surface area contributed by atoms with Crippen molar-refractivity contribution in [3.8, 4) is 0 Å². The average molecular weight is 302 g/mol. The number of nitrogen functional groups attached to an aromatic ring is 1. The van der Waals surface area contributed by atoms with E-state index in [1.165, 1.54) is 24.4 Å². The summed E-state index contributed by atoms with van der Waals surface area (Å²) in [4.78, 5) is 24.1. The van der Waals surface area contributed by atoms with Gasteiger partial charge in [0.25, 0.3) is 0 Å². The van der Waals surface area contributed by atoms with Crippen LogP contribution >= 0.6 is 11.8 Å². The minimum atomic E-state index is 0.635. The van der Waals surface area contributed by atoms with Crippen molar-refractivity contribution in [1.29, 1.82) is 0 Å². The van der Waals surface area contributed by atoms with Crippen molar-refractivity contribution in [3.05, 3.63) is 24.5 Å². The molecule has 0 fully saturated rings. The van der Waals surface area contributed by atoms with Crippen LogP contribution in [0, 0.1) is 0 Å². The van der Waals surface area contributed by atoms with Crippen molar-refractivity contribution in [2.24, 2.45) is 5.84 Å². The minimum absolute atomic E-state index is 0.635. The third-order valence-corrected chi connectivity index (χ3v) is 3.97.